The van der Waals surface area contributed by atoms with Crippen molar-refractivity contribution >= 4 is 5.91 Å². The van der Waals surface area contributed by atoms with Crippen molar-refractivity contribution in [1.82, 2.24) is 4.90 Å². The Morgan fingerprint density at radius 2 is 2.18 bits per heavy atom. The third-order valence-electron chi connectivity index (χ3n) is 2.90. The van der Waals surface area contributed by atoms with Crippen molar-refractivity contribution in [3.05, 3.63) is 35.4 Å². The molecule has 1 aromatic carbocycles. The van der Waals surface area contributed by atoms with Gasteiger partial charge in [0.2, 0.25) is 0 Å². The topological polar surface area (TPSA) is 46.3 Å². The fourth-order valence-electron chi connectivity index (χ4n) is 2.03. The van der Waals surface area contributed by atoms with Crippen LogP contribution in [0.2, 0.25) is 0 Å². The molecular formula is C12H14F2N2O. The van der Waals surface area contributed by atoms with E-state index in [9.17, 15) is 13.6 Å². The zero-order valence-electron chi connectivity index (χ0n) is 9.33. The van der Waals surface area contributed by atoms with Crippen molar-refractivity contribution in [2.24, 2.45) is 5.73 Å². The summed E-state index contributed by atoms with van der Waals surface area (Å²) in [5.41, 5.74) is 5.52. The van der Waals surface area contributed by atoms with Gasteiger partial charge in [0, 0.05) is 19.1 Å². The molecule has 1 saturated heterocycles. The van der Waals surface area contributed by atoms with E-state index in [-0.39, 0.29) is 11.6 Å². The van der Waals surface area contributed by atoms with Crippen molar-refractivity contribution < 1.29 is 13.6 Å². The van der Waals surface area contributed by atoms with Gasteiger partial charge in [-0.05, 0) is 31.0 Å². The number of piperidine rings is 1. The van der Waals surface area contributed by atoms with Crippen molar-refractivity contribution in [2.75, 3.05) is 13.1 Å². The minimum Gasteiger partial charge on any atom is -0.337 e. The molecule has 1 amide bonds. The quantitative estimate of drug-likeness (QED) is 0.809. The Labute approximate surface area is 98.2 Å². The second-order valence-electron chi connectivity index (χ2n) is 4.28. The number of carbonyl (C=O) groups excluding carboxylic acids is 1. The number of nitrogens with zero attached hydrogens (tertiary/aromatic N) is 1. The Morgan fingerprint density at radius 1 is 1.41 bits per heavy atom. The van der Waals surface area contributed by atoms with E-state index < -0.39 is 17.5 Å². The number of hydrogen-bond acceptors (Lipinski definition) is 2. The molecule has 2 N–H and O–H groups in total. The largest absolute Gasteiger partial charge is 0.337 e. The predicted octanol–water partition coefficient (Wildman–Crippen LogP) is 1.53. The normalized spacial score (nSPS) is 20.4. The highest BCUT2D eigenvalue weighted by molar-refractivity contribution is 5.94. The molecule has 1 atom stereocenters. The third-order valence-corrected chi connectivity index (χ3v) is 2.90. The van der Waals surface area contributed by atoms with Gasteiger partial charge in [-0.15, -0.1) is 0 Å². The van der Waals surface area contributed by atoms with Crippen molar-refractivity contribution in [1.29, 1.82) is 0 Å². The van der Waals surface area contributed by atoms with Gasteiger partial charge in [-0.1, -0.05) is 0 Å². The highest BCUT2D eigenvalue weighted by Crippen LogP contribution is 2.16. The molecule has 0 aliphatic carbocycles. The maximum absolute atomic E-state index is 13.4. The highest BCUT2D eigenvalue weighted by atomic mass is 19.1. The number of halogens is 2. The summed E-state index contributed by atoms with van der Waals surface area (Å²) in [6.45, 7) is 0.942. The van der Waals surface area contributed by atoms with Crippen LogP contribution in [0.15, 0.2) is 18.2 Å². The van der Waals surface area contributed by atoms with Gasteiger partial charge in [0.15, 0.2) is 0 Å². The Hall–Kier alpha value is -1.49. The van der Waals surface area contributed by atoms with E-state index in [1.54, 1.807) is 0 Å². The van der Waals surface area contributed by atoms with Crippen LogP contribution in [0.3, 0.4) is 0 Å². The molecular weight excluding hydrogens is 226 g/mol. The minimum absolute atomic E-state index is 0.0793. The first-order valence-electron chi connectivity index (χ1n) is 5.58. The number of hydrogen-bond donors (Lipinski definition) is 1. The Kier molecular flexibility index (Phi) is 3.38. The summed E-state index contributed by atoms with van der Waals surface area (Å²) < 4.78 is 26.4. The number of amides is 1. The SMILES string of the molecule is NC1CCCN(C(=O)c2cc(F)ccc2F)C1. The molecule has 2 rings (SSSR count). The molecule has 1 unspecified atom stereocenters. The maximum Gasteiger partial charge on any atom is 0.256 e. The number of likely N-dealkylation sites (tertiary alicyclic amines) is 1. The van der Waals surface area contributed by atoms with Gasteiger partial charge in [-0.3, -0.25) is 4.79 Å². The molecule has 1 aromatic rings. The lowest BCUT2D eigenvalue weighted by molar-refractivity contribution is 0.0703. The number of benzene rings is 1. The lowest BCUT2D eigenvalue weighted by atomic mass is 10.1. The molecule has 1 heterocycles. The maximum atomic E-state index is 13.4. The summed E-state index contributed by atoms with van der Waals surface area (Å²) in [6.07, 6.45) is 1.65. The number of rotatable bonds is 1. The summed E-state index contributed by atoms with van der Waals surface area (Å²) in [5.74, 6) is -1.80. The van der Waals surface area contributed by atoms with Crippen LogP contribution >= 0.6 is 0 Å². The van der Waals surface area contributed by atoms with Crippen LogP contribution in [-0.4, -0.2) is 29.9 Å². The summed E-state index contributed by atoms with van der Waals surface area (Å²) in [7, 11) is 0. The van der Waals surface area contributed by atoms with Crippen LogP contribution in [0, 0.1) is 11.6 Å². The van der Waals surface area contributed by atoms with Gasteiger partial charge in [-0.25, -0.2) is 8.78 Å². The Balaban J connectivity index is 2.21. The number of nitrogens with two attached hydrogens (primary N) is 1. The minimum atomic E-state index is -0.699. The van der Waals surface area contributed by atoms with Crippen molar-refractivity contribution in [3.8, 4) is 0 Å². The molecule has 1 aliphatic heterocycles. The fraction of sp³-hybridized carbons (Fsp3) is 0.417. The molecule has 0 spiro atoms. The molecule has 5 heteroatoms. The zero-order chi connectivity index (χ0) is 12.4. The van der Waals surface area contributed by atoms with Gasteiger partial charge in [0.25, 0.3) is 5.91 Å². The lowest BCUT2D eigenvalue weighted by Crippen LogP contribution is -2.45. The number of carbonyl (C=O) groups is 1. The van der Waals surface area contributed by atoms with E-state index in [0.717, 1.165) is 31.0 Å². The van der Waals surface area contributed by atoms with E-state index in [2.05, 4.69) is 0 Å². The summed E-state index contributed by atoms with van der Waals surface area (Å²) in [4.78, 5) is 13.5. The van der Waals surface area contributed by atoms with E-state index in [1.807, 2.05) is 0 Å². The Bertz CT molecular complexity index is 437. The Morgan fingerprint density at radius 3 is 2.88 bits per heavy atom. The standard InChI is InChI=1S/C12H14F2N2O/c13-8-3-4-11(14)10(6-8)12(17)16-5-1-2-9(15)7-16/h3-4,6,9H,1-2,5,7,15H2. The summed E-state index contributed by atoms with van der Waals surface area (Å²) >= 11 is 0. The molecule has 0 radical (unpaired) electrons. The van der Waals surface area contributed by atoms with Gasteiger partial charge in [0.05, 0.1) is 5.56 Å². The summed E-state index contributed by atoms with van der Waals surface area (Å²) in [5, 5.41) is 0. The molecule has 17 heavy (non-hydrogen) atoms. The predicted molar refractivity (Wildman–Crippen MR) is 59.5 cm³/mol. The van der Waals surface area contributed by atoms with Crippen molar-refractivity contribution in [2.45, 2.75) is 18.9 Å². The van der Waals surface area contributed by atoms with E-state index in [1.165, 1.54) is 4.90 Å². The summed E-state index contributed by atoms with van der Waals surface area (Å²) in [6, 6.07) is 2.81. The van der Waals surface area contributed by atoms with E-state index >= 15 is 0 Å². The van der Waals surface area contributed by atoms with Gasteiger partial charge >= 0.3 is 0 Å². The second-order valence-corrected chi connectivity index (χ2v) is 4.28. The van der Waals surface area contributed by atoms with Crippen LogP contribution in [-0.2, 0) is 0 Å². The average Bonchev–Trinajstić information content (AvgIpc) is 2.31. The van der Waals surface area contributed by atoms with E-state index in [0.29, 0.717) is 13.1 Å². The van der Waals surface area contributed by atoms with Crippen LogP contribution in [0.5, 0.6) is 0 Å². The first-order valence-corrected chi connectivity index (χ1v) is 5.58. The lowest BCUT2D eigenvalue weighted by Gasteiger charge is -2.30. The first-order chi connectivity index (χ1) is 8.08. The van der Waals surface area contributed by atoms with Gasteiger partial charge in [0.1, 0.15) is 11.6 Å². The van der Waals surface area contributed by atoms with Crippen LogP contribution < -0.4 is 5.73 Å². The first kappa shape index (κ1) is 12.0. The average molecular weight is 240 g/mol. The molecule has 1 aliphatic rings. The van der Waals surface area contributed by atoms with Gasteiger partial charge in [-0.2, -0.15) is 0 Å². The molecule has 92 valence electrons. The molecule has 0 saturated carbocycles. The molecule has 3 nitrogen and oxygen atoms in total. The van der Waals surface area contributed by atoms with Crippen LogP contribution in [0.25, 0.3) is 0 Å². The monoisotopic (exact) mass is 240 g/mol. The molecule has 0 bridgehead atoms. The molecule has 1 fully saturated rings. The highest BCUT2D eigenvalue weighted by Gasteiger charge is 2.24. The smallest absolute Gasteiger partial charge is 0.256 e. The van der Waals surface area contributed by atoms with Crippen LogP contribution in [0.4, 0.5) is 8.78 Å². The second kappa shape index (κ2) is 4.79. The van der Waals surface area contributed by atoms with Crippen LogP contribution in [0.1, 0.15) is 23.2 Å². The molecule has 0 aromatic heterocycles. The van der Waals surface area contributed by atoms with Crippen molar-refractivity contribution in [3.63, 3.8) is 0 Å². The van der Waals surface area contributed by atoms with Gasteiger partial charge < -0.3 is 10.6 Å². The van der Waals surface area contributed by atoms with E-state index in [4.69, 9.17) is 5.73 Å². The zero-order valence-corrected chi connectivity index (χ0v) is 9.33. The fourth-order valence-corrected chi connectivity index (χ4v) is 2.03. The third kappa shape index (κ3) is 2.61.